The van der Waals surface area contributed by atoms with Crippen LogP contribution in [0.5, 0.6) is 0 Å². The number of rotatable bonds is 6. The normalized spacial score (nSPS) is 28.6. The molecule has 0 aliphatic heterocycles. The highest BCUT2D eigenvalue weighted by Gasteiger charge is 2.46. The second kappa shape index (κ2) is 6.36. The van der Waals surface area contributed by atoms with Crippen molar-refractivity contribution >= 4 is 5.97 Å². The standard InChI is InChI=1S/C13H26N2O2/c1-4-15(5-2)10-8-11-7-6-9-13(11,14)12(16)17-3/h11H,4-10,14H2,1-3H3. The van der Waals surface area contributed by atoms with E-state index in [1.165, 1.54) is 7.11 Å². The molecule has 1 fully saturated rings. The number of carbonyl (C=O) groups is 1. The molecule has 100 valence electrons. The zero-order chi connectivity index (χ0) is 12.9. The maximum atomic E-state index is 11.8. The van der Waals surface area contributed by atoms with Gasteiger partial charge in [-0.1, -0.05) is 20.3 Å². The molecule has 1 rings (SSSR count). The molecule has 0 saturated heterocycles. The van der Waals surface area contributed by atoms with Crippen molar-refractivity contribution in [3.8, 4) is 0 Å². The maximum Gasteiger partial charge on any atom is 0.326 e. The minimum absolute atomic E-state index is 0.237. The van der Waals surface area contributed by atoms with Crippen LogP contribution in [0.4, 0.5) is 0 Å². The summed E-state index contributed by atoms with van der Waals surface area (Å²) < 4.78 is 4.85. The van der Waals surface area contributed by atoms with Crippen LogP contribution < -0.4 is 5.73 Å². The monoisotopic (exact) mass is 242 g/mol. The van der Waals surface area contributed by atoms with Crippen LogP contribution in [0.15, 0.2) is 0 Å². The number of ether oxygens (including phenoxy) is 1. The molecule has 0 amide bonds. The second-order valence-electron chi connectivity index (χ2n) is 4.94. The van der Waals surface area contributed by atoms with E-state index in [4.69, 9.17) is 10.5 Å². The van der Waals surface area contributed by atoms with Crippen molar-refractivity contribution < 1.29 is 9.53 Å². The zero-order valence-electron chi connectivity index (χ0n) is 11.4. The van der Waals surface area contributed by atoms with Crippen LogP contribution in [0.2, 0.25) is 0 Å². The third-order valence-electron chi connectivity index (χ3n) is 4.13. The van der Waals surface area contributed by atoms with Gasteiger partial charge < -0.3 is 15.4 Å². The predicted molar refractivity (Wildman–Crippen MR) is 68.7 cm³/mol. The average molecular weight is 242 g/mol. The van der Waals surface area contributed by atoms with Gasteiger partial charge >= 0.3 is 5.97 Å². The van der Waals surface area contributed by atoms with E-state index in [0.717, 1.165) is 45.3 Å². The molecule has 0 aromatic carbocycles. The third kappa shape index (κ3) is 3.19. The van der Waals surface area contributed by atoms with Crippen molar-refractivity contribution in [2.75, 3.05) is 26.7 Å². The first-order valence-corrected chi connectivity index (χ1v) is 6.68. The SMILES string of the molecule is CCN(CC)CCC1CCCC1(N)C(=O)OC. The summed E-state index contributed by atoms with van der Waals surface area (Å²) in [4.78, 5) is 14.1. The summed E-state index contributed by atoms with van der Waals surface area (Å²) in [6, 6.07) is 0. The highest BCUT2D eigenvalue weighted by Crippen LogP contribution is 2.36. The van der Waals surface area contributed by atoms with Crippen LogP contribution in [0.25, 0.3) is 0 Å². The molecule has 2 atom stereocenters. The molecule has 0 bridgehead atoms. The Morgan fingerprint density at radius 1 is 1.47 bits per heavy atom. The van der Waals surface area contributed by atoms with Crippen molar-refractivity contribution in [3.05, 3.63) is 0 Å². The molecule has 0 radical (unpaired) electrons. The molecular weight excluding hydrogens is 216 g/mol. The van der Waals surface area contributed by atoms with Gasteiger partial charge in [-0.05, 0) is 44.8 Å². The molecule has 17 heavy (non-hydrogen) atoms. The topological polar surface area (TPSA) is 55.6 Å². The Morgan fingerprint density at radius 3 is 2.65 bits per heavy atom. The van der Waals surface area contributed by atoms with E-state index in [-0.39, 0.29) is 11.9 Å². The summed E-state index contributed by atoms with van der Waals surface area (Å²) in [6.45, 7) is 7.45. The molecule has 1 aliphatic carbocycles. The largest absolute Gasteiger partial charge is 0.468 e. The highest BCUT2D eigenvalue weighted by atomic mass is 16.5. The van der Waals surface area contributed by atoms with Gasteiger partial charge in [0, 0.05) is 0 Å². The van der Waals surface area contributed by atoms with Crippen molar-refractivity contribution in [1.29, 1.82) is 0 Å². The number of nitrogens with two attached hydrogens (primary N) is 1. The lowest BCUT2D eigenvalue weighted by molar-refractivity contribution is -0.148. The molecule has 0 aromatic rings. The molecule has 2 unspecified atom stereocenters. The molecular formula is C13H26N2O2. The van der Waals surface area contributed by atoms with Crippen molar-refractivity contribution in [2.45, 2.75) is 45.1 Å². The lowest BCUT2D eigenvalue weighted by atomic mass is 9.85. The van der Waals surface area contributed by atoms with Gasteiger partial charge in [0.05, 0.1) is 7.11 Å². The molecule has 0 aromatic heterocycles. The van der Waals surface area contributed by atoms with Crippen molar-refractivity contribution in [3.63, 3.8) is 0 Å². The first kappa shape index (κ1) is 14.5. The van der Waals surface area contributed by atoms with E-state index in [0.29, 0.717) is 0 Å². The van der Waals surface area contributed by atoms with Gasteiger partial charge in [-0.3, -0.25) is 4.79 Å². The van der Waals surface area contributed by atoms with Crippen molar-refractivity contribution in [2.24, 2.45) is 11.7 Å². The fourth-order valence-corrected chi connectivity index (χ4v) is 2.84. The van der Waals surface area contributed by atoms with E-state index < -0.39 is 5.54 Å². The summed E-state index contributed by atoms with van der Waals surface area (Å²) in [5, 5.41) is 0. The van der Waals surface area contributed by atoms with Crippen molar-refractivity contribution in [1.82, 2.24) is 4.90 Å². The van der Waals surface area contributed by atoms with E-state index in [2.05, 4.69) is 18.7 Å². The molecule has 4 nitrogen and oxygen atoms in total. The van der Waals surface area contributed by atoms with E-state index >= 15 is 0 Å². The zero-order valence-corrected chi connectivity index (χ0v) is 11.4. The van der Waals surface area contributed by atoms with Gasteiger partial charge in [0.25, 0.3) is 0 Å². The van der Waals surface area contributed by atoms with Crippen LogP contribution in [0.3, 0.4) is 0 Å². The minimum Gasteiger partial charge on any atom is -0.468 e. The van der Waals surface area contributed by atoms with Crippen LogP contribution in [-0.2, 0) is 9.53 Å². The van der Waals surface area contributed by atoms with E-state index in [1.807, 2.05) is 0 Å². The Bertz CT molecular complexity index is 254. The Labute approximate surface area is 104 Å². The fraction of sp³-hybridized carbons (Fsp3) is 0.923. The lowest BCUT2D eigenvalue weighted by Crippen LogP contribution is -2.52. The molecule has 1 saturated carbocycles. The average Bonchev–Trinajstić information content (AvgIpc) is 2.72. The second-order valence-corrected chi connectivity index (χ2v) is 4.94. The number of nitrogens with zero attached hydrogens (tertiary/aromatic N) is 1. The Hall–Kier alpha value is -0.610. The number of methoxy groups -OCH3 is 1. The summed E-state index contributed by atoms with van der Waals surface area (Å²) in [7, 11) is 1.43. The Balaban J connectivity index is 2.55. The van der Waals surface area contributed by atoms with Gasteiger partial charge in [0.1, 0.15) is 5.54 Å². The summed E-state index contributed by atoms with van der Waals surface area (Å²) in [6.07, 6.45) is 3.84. The van der Waals surface area contributed by atoms with Crippen LogP contribution in [-0.4, -0.2) is 43.2 Å². The van der Waals surface area contributed by atoms with Crippen LogP contribution >= 0.6 is 0 Å². The summed E-state index contributed by atoms with van der Waals surface area (Å²) in [5.74, 6) is 0.0371. The van der Waals surface area contributed by atoms with Gasteiger partial charge in [-0.15, -0.1) is 0 Å². The smallest absolute Gasteiger partial charge is 0.326 e. The fourth-order valence-electron chi connectivity index (χ4n) is 2.84. The Morgan fingerprint density at radius 2 is 2.12 bits per heavy atom. The molecule has 1 aliphatic rings. The highest BCUT2D eigenvalue weighted by molar-refractivity contribution is 5.81. The van der Waals surface area contributed by atoms with E-state index in [9.17, 15) is 4.79 Å². The van der Waals surface area contributed by atoms with Crippen LogP contribution in [0, 0.1) is 5.92 Å². The number of hydrogen-bond acceptors (Lipinski definition) is 4. The summed E-state index contributed by atoms with van der Waals surface area (Å²) >= 11 is 0. The number of esters is 1. The number of hydrogen-bond donors (Lipinski definition) is 1. The summed E-state index contributed by atoms with van der Waals surface area (Å²) in [5.41, 5.74) is 5.50. The first-order valence-electron chi connectivity index (χ1n) is 6.68. The third-order valence-corrected chi connectivity index (χ3v) is 4.13. The predicted octanol–water partition coefficient (Wildman–Crippen LogP) is 1.39. The molecule has 0 heterocycles. The van der Waals surface area contributed by atoms with Gasteiger partial charge in [0.2, 0.25) is 0 Å². The minimum atomic E-state index is -0.734. The molecule has 0 spiro atoms. The molecule has 4 heteroatoms. The first-order chi connectivity index (χ1) is 8.08. The number of carbonyl (C=O) groups excluding carboxylic acids is 1. The molecule has 2 N–H and O–H groups in total. The van der Waals surface area contributed by atoms with E-state index in [1.54, 1.807) is 0 Å². The quantitative estimate of drug-likeness (QED) is 0.715. The van der Waals surface area contributed by atoms with Gasteiger partial charge in [-0.2, -0.15) is 0 Å². The maximum absolute atomic E-state index is 11.8. The Kier molecular flexibility index (Phi) is 5.40. The van der Waals surface area contributed by atoms with Gasteiger partial charge in [-0.25, -0.2) is 0 Å². The lowest BCUT2D eigenvalue weighted by Gasteiger charge is -2.30. The van der Waals surface area contributed by atoms with Gasteiger partial charge in [0.15, 0.2) is 0 Å². The van der Waals surface area contributed by atoms with Crippen LogP contribution in [0.1, 0.15) is 39.5 Å².